The minimum atomic E-state index is -1.39. The molecule has 2 atom stereocenters. The third-order valence-electron chi connectivity index (χ3n) is 8.80. The van der Waals surface area contributed by atoms with E-state index in [0.717, 1.165) is 52.0 Å². The van der Waals surface area contributed by atoms with Gasteiger partial charge in [0.2, 0.25) is 11.5 Å². The second-order valence-corrected chi connectivity index (χ2v) is 11.2. The monoisotopic (exact) mass is 528 g/mol. The number of fused-ring (bicyclic) bond motifs is 3. The van der Waals surface area contributed by atoms with E-state index < -0.39 is 17.6 Å². The van der Waals surface area contributed by atoms with E-state index >= 15 is 0 Å². The van der Waals surface area contributed by atoms with Crippen LogP contribution in [0.1, 0.15) is 47.9 Å². The number of benzene rings is 2. The number of halogens is 1. The smallest absolute Gasteiger partial charge is 0.418 e. The normalized spacial score (nSPS) is 24.1. The molecular weight excluding hydrogens is 499 g/mol. The van der Waals surface area contributed by atoms with Gasteiger partial charge in [-0.2, -0.15) is 5.10 Å². The quantitative estimate of drug-likeness (QED) is 0.509. The standard InChI is InChI=1S/C30H29FN4O4/c1-33-15-23(14-32-33)19-5-8-25-21(12-19)10-11-30(25)28(37)35(29(38)39-30)17-27(36)34-16-22-4-7-24(31)13-20(22)6-9-26(34)18-2-3-18/h4-5,7-8,12-15,18,26H,2-3,6,9-11,16-17H2,1H3/t26-,30+/m0/s1. The topological polar surface area (TPSA) is 84.7 Å². The van der Waals surface area contributed by atoms with Gasteiger partial charge in [0.15, 0.2) is 0 Å². The van der Waals surface area contributed by atoms with Crippen molar-refractivity contribution in [2.45, 2.75) is 56.7 Å². The summed E-state index contributed by atoms with van der Waals surface area (Å²) < 4.78 is 21.4. The lowest BCUT2D eigenvalue weighted by Crippen LogP contribution is -2.48. The highest BCUT2D eigenvalue weighted by Crippen LogP contribution is 2.46. The molecule has 1 spiro atoms. The van der Waals surface area contributed by atoms with Crippen molar-refractivity contribution in [3.63, 3.8) is 0 Å². The maximum Gasteiger partial charge on any atom is 0.418 e. The molecule has 2 aliphatic heterocycles. The summed E-state index contributed by atoms with van der Waals surface area (Å²) in [7, 11) is 1.86. The molecule has 4 aliphatic rings. The van der Waals surface area contributed by atoms with Crippen LogP contribution in [-0.4, -0.2) is 50.1 Å². The number of imide groups is 1. The highest BCUT2D eigenvalue weighted by Gasteiger charge is 2.58. The van der Waals surface area contributed by atoms with Crippen LogP contribution >= 0.6 is 0 Å². The van der Waals surface area contributed by atoms with Gasteiger partial charge in [-0.25, -0.2) is 14.1 Å². The van der Waals surface area contributed by atoms with Crippen molar-refractivity contribution in [1.82, 2.24) is 19.6 Å². The van der Waals surface area contributed by atoms with Crippen LogP contribution in [-0.2, 0) is 46.4 Å². The zero-order chi connectivity index (χ0) is 26.9. The van der Waals surface area contributed by atoms with Gasteiger partial charge in [-0.1, -0.05) is 24.3 Å². The Morgan fingerprint density at radius 2 is 1.90 bits per heavy atom. The van der Waals surface area contributed by atoms with Gasteiger partial charge in [-0.3, -0.25) is 14.3 Å². The Balaban J connectivity index is 1.14. The van der Waals surface area contributed by atoms with Crippen molar-refractivity contribution in [2.75, 3.05) is 6.54 Å². The Morgan fingerprint density at radius 3 is 2.67 bits per heavy atom. The van der Waals surface area contributed by atoms with Crippen LogP contribution < -0.4 is 0 Å². The van der Waals surface area contributed by atoms with Gasteiger partial charge in [0.25, 0.3) is 5.91 Å². The zero-order valence-electron chi connectivity index (χ0n) is 21.7. The van der Waals surface area contributed by atoms with E-state index in [1.165, 1.54) is 6.07 Å². The zero-order valence-corrected chi connectivity index (χ0v) is 21.7. The first kappa shape index (κ1) is 24.1. The second kappa shape index (κ2) is 8.76. The molecule has 2 fully saturated rings. The summed E-state index contributed by atoms with van der Waals surface area (Å²) in [4.78, 5) is 43.3. The molecule has 9 heteroatoms. The summed E-state index contributed by atoms with van der Waals surface area (Å²) in [6, 6.07) is 10.5. The molecule has 3 aromatic rings. The van der Waals surface area contributed by atoms with Gasteiger partial charge in [-0.15, -0.1) is 0 Å². The molecule has 7 rings (SSSR count). The van der Waals surface area contributed by atoms with Crippen molar-refractivity contribution in [1.29, 1.82) is 0 Å². The fourth-order valence-electron chi connectivity index (χ4n) is 6.61. The van der Waals surface area contributed by atoms with Crippen molar-refractivity contribution < 1.29 is 23.5 Å². The number of hydrogen-bond donors (Lipinski definition) is 0. The van der Waals surface area contributed by atoms with Crippen LogP contribution in [0.25, 0.3) is 11.1 Å². The number of rotatable bonds is 4. The van der Waals surface area contributed by atoms with E-state index in [9.17, 15) is 18.8 Å². The summed E-state index contributed by atoms with van der Waals surface area (Å²) in [5.74, 6) is -0.640. The molecule has 0 radical (unpaired) electrons. The van der Waals surface area contributed by atoms with Crippen molar-refractivity contribution in [3.8, 4) is 11.1 Å². The molecule has 39 heavy (non-hydrogen) atoms. The van der Waals surface area contributed by atoms with Crippen LogP contribution in [0.3, 0.4) is 0 Å². The lowest BCUT2D eigenvalue weighted by Gasteiger charge is -2.31. The molecule has 0 unspecified atom stereocenters. The lowest BCUT2D eigenvalue weighted by atomic mass is 9.93. The molecular formula is C30H29FN4O4. The molecule has 3 amide bonds. The number of aromatic nitrogens is 2. The average molecular weight is 529 g/mol. The van der Waals surface area contributed by atoms with E-state index in [4.69, 9.17) is 4.74 Å². The fourth-order valence-corrected chi connectivity index (χ4v) is 6.61. The van der Waals surface area contributed by atoms with Gasteiger partial charge >= 0.3 is 6.09 Å². The number of carbonyl (C=O) groups is 3. The first-order valence-electron chi connectivity index (χ1n) is 13.6. The summed E-state index contributed by atoms with van der Waals surface area (Å²) in [5.41, 5.74) is 4.03. The van der Waals surface area contributed by atoms with E-state index in [-0.39, 0.29) is 24.3 Å². The largest absolute Gasteiger partial charge is 0.427 e. The predicted molar refractivity (Wildman–Crippen MR) is 139 cm³/mol. The molecule has 1 saturated carbocycles. The lowest BCUT2D eigenvalue weighted by molar-refractivity contribution is -0.143. The number of aryl methyl sites for hydroxylation is 3. The van der Waals surface area contributed by atoms with Crippen LogP contribution in [0.4, 0.5) is 9.18 Å². The predicted octanol–water partition coefficient (Wildman–Crippen LogP) is 4.10. The highest BCUT2D eigenvalue weighted by atomic mass is 19.1. The summed E-state index contributed by atoms with van der Waals surface area (Å²) in [6.07, 6.45) is 7.40. The van der Waals surface area contributed by atoms with Gasteiger partial charge in [0.05, 0.1) is 6.20 Å². The molecule has 2 aromatic carbocycles. The van der Waals surface area contributed by atoms with E-state index in [1.807, 2.05) is 31.4 Å². The van der Waals surface area contributed by atoms with Crippen LogP contribution in [0.2, 0.25) is 0 Å². The van der Waals surface area contributed by atoms with Gasteiger partial charge in [0.1, 0.15) is 12.4 Å². The van der Waals surface area contributed by atoms with Gasteiger partial charge < -0.3 is 9.64 Å². The summed E-state index contributed by atoms with van der Waals surface area (Å²) in [6.45, 7) is -0.0138. The summed E-state index contributed by atoms with van der Waals surface area (Å²) in [5, 5.41) is 4.23. The molecule has 200 valence electrons. The van der Waals surface area contributed by atoms with E-state index in [2.05, 4.69) is 5.10 Å². The van der Waals surface area contributed by atoms with Gasteiger partial charge in [0, 0.05) is 43.4 Å². The number of carbonyl (C=O) groups excluding carboxylic acids is 3. The van der Waals surface area contributed by atoms with Crippen molar-refractivity contribution in [2.24, 2.45) is 13.0 Å². The van der Waals surface area contributed by atoms with E-state index in [1.54, 1.807) is 27.9 Å². The number of nitrogens with zero attached hydrogens (tertiary/aromatic N) is 4. The molecule has 1 aromatic heterocycles. The third-order valence-corrected chi connectivity index (χ3v) is 8.80. The molecule has 1 saturated heterocycles. The number of ether oxygens (including phenoxy) is 1. The molecule has 0 bridgehead atoms. The Bertz CT molecular complexity index is 1530. The fraction of sp³-hybridized carbons (Fsp3) is 0.400. The van der Waals surface area contributed by atoms with E-state index in [0.29, 0.717) is 37.3 Å². The Kier molecular flexibility index (Phi) is 5.40. The highest BCUT2D eigenvalue weighted by molar-refractivity contribution is 6.06. The first-order valence-corrected chi connectivity index (χ1v) is 13.6. The average Bonchev–Trinajstić information content (AvgIpc) is 3.55. The molecule has 3 heterocycles. The number of amides is 3. The van der Waals surface area contributed by atoms with Crippen molar-refractivity contribution in [3.05, 3.63) is 76.9 Å². The van der Waals surface area contributed by atoms with Crippen molar-refractivity contribution >= 4 is 17.9 Å². The Hall–Kier alpha value is -4.01. The Morgan fingerprint density at radius 1 is 1.05 bits per heavy atom. The summed E-state index contributed by atoms with van der Waals surface area (Å²) >= 11 is 0. The minimum absolute atomic E-state index is 0.00810. The van der Waals surface area contributed by atoms with Crippen LogP contribution in [0, 0.1) is 11.7 Å². The number of hydrogen-bond acceptors (Lipinski definition) is 5. The minimum Gasteiger partial charge on any atom is -0.427 e. The Labute approximate surface area is 225 Å². The molecule has 8 nitrogen and oxygen atoms in total. The SMILES string of the molecule is Cn1cc(-c2ccc3c(c2)CC[C@@]32OC(=O)N(CC(=O)N3Cc4ccc(F)cc4CC[C@H]3C3CC3)C2=O)cn1. The van der Waals surface area contributed by atoms with Crippen LogP contribution in [0.5, 0.6) is 0 Å². The maximum atomic E-state index is 13.9. The molecule has 0 N–H and O–H groups in total. The van der Waals surface area contributed by atoms with Gasteiger partial charge in [-0.05, 0) is 72.4 Å². The first-order chi connectivity index (χ1) is 18.8. The maximum absolute atomic E-state index is 13.9. The molecule has 2 aliphatic carbocycles. The second-order valence-electron chi connectivity index (χ2n) is 11.2. The third kappa shape index (κ3) is 3.94. The van der Waals surface area contributed by atoms with Crippen LogP contribution in [0.15, 0.2) is 48.8 Å².